The highest BCUT2D eigenvalue weighted by atomic mass is 19.4. The molecule has 0 N–H and O–H groups in total. The summed E-state index contributed by atoms with van der Waals surface area (Å²) >= 11 is 0. The van der Waals surface area contributed by atoms with Crippen molar-refractivity contribution in [3.05, 3.63) is 77.6 Å². The lowest BCUT2D eigenvalue weighted by Gasteiger charge is -2.12. The fourth-order valence-corrected chi connectivity index (χ4v) is 2.33. The molecule has 0 saturated heterocycles. The van der Waals surface area contributed by atoms with Crippen molar-refractivity contribution >= 4 is 11.1 Å². The monoisotopic (exact) mass is 368 g/mol. The van der Waals surface area contributed by atoms with Crippen LogP contribution in [-0.4, -0.2) is 12.5 Å². The van der Waals surface area contributed by atoms with Crippen LogP contribution in [0.15, 0.2) is 60.7 Å². The van der Waals surface area contributed by atoms with Gasteiger partial charge in [-0.3, -0.25) is 0 Å². The summed E-state index contributed by atoms with van der Waals surface area (Å²) in [6, 6.07) is 10.9. The number of halogens is 5. The normalized spacial score (nSPS) is 14.3. The highest BCUT2D eigenvalue weighted by Gasteiger charge is 2.31. The summed E-state index contributed by atoms with van der Waals surface area (Å²) < 4.78 is 67.3. The van der Waals surface area contributed by atoms with Crippen LogP contribution in [0, 0.1) is 5.82 Å². The van der Waals surface area contributed by atoms with Gasteiger partial charge in [0, 0.05) is 0 Å². The Kier molecular flexibility index (Phi) is 6.18. The topological polar surface area (TPSA) is 9.23 Å². The molecule has 0 bridgehead atoms. The number of benzene rings is 2. The van der Waals surface area contributed by atoms with Crippen LogP contribution >= 0.6 is 0 Å². The van der Waals surface area contributed by atoms with Gasteiger partial charge in [-0.1, -0.05) is 36.4 Å². The molecule has 2 rings (SSSR count). The molecule has 1 atom stereocenters. The Morgan fingerprint density at radius 2 is 1.46 bits per heavy atom. The van der Waals surface area contributed by atoms with Crippen LogP contribution in [0.25, 0.3) is 11.1 Å². The summed E-state index contributed by atoms with van der Waals surface area (Å²) in [7, 11) is 0. The van der Waals surface area contributed by atoms with Crippen LogP contribution < -0.4 is 4.74 Å². The Morgan fingerprint density at radius 1 is 0.923 bits per heavy atom. The van der Waals surface area contributed by atoms with Gasteiger partial charge in [0.25, 0.3) is 0 Å². The average molecular weight is 368 g/mol. The fourth-order valence-electron chi connectivity index (χ4n) is 2.33. The lowest BCUT2D eigenvalue weighted by molar-refractivity contribution is -0.274. The van der Waals surface area contributed by atoms with E-state index in [9.17, 15) is 22.0 Å². The first-order valence-corrected chi connectivity index (χ1v) is 7.80. The molecule has 0 aliphatic rings. The first-order valence-electron chi connectivity index (χ1n) is 7.80. The van der Waals surface area contributed by atoms with Gasteiger partial charge in [0.2, 0.25) is 0 Å². The van der Waals surface area contributed by atoms with Crippen molar-refractivity contribution in [1.82, 2.24) is 0 Å². The van der Waals surface area contributed by atoms with Crippen molar-refractivity contribution in [2.45, 2.75) is 26.4 Å². The summed E-state index contributed by atoms with van der Waals surface area (Å²) in [5.74, 6) is -0.721. The molecule has 26 heavy (non-hydrogen) atoms. The van der Waals surface area contributed by atoms with Crippen molar-refractivity contribution in [1.29, 1.82) is 0 Å². The first kappa shape index (κ1) is 19.7. The van der Waals surface area contributed by atoms with E-state index in [-0.39, 0.29) is 11.6 Å². The van der Waals surface area contributed by atoms with Crippen molar-refractivity contribution in [3.63, 3.8) is 0 Å². The number of rotatable bonds is 5. The maximum Gasteiger partial charge on any atom is 0.573 e. The predicted octanol–water partition coefficient (Wildman–Crippen LogP) is 6.57. The molecular formula is C20H17F5O. The zero-order chi connectivity index (χ0) is 19.3. The van der Waals surface area contributed by atoms with Gasteiger partial charge in [0.1, 0.15) is 17.7 Å². The summed E-state index contributed by atoms with van der Waals surface area (Å²) in [4.78, 5) is 0. The van der Waals surface area contributed by atoms with Gasteiger partial charge in [-0.05, 0) is 60.4 Å². The van der Waals surface area contributed by atoms with Gasteiger partial charge in [0.05, 0.1) is 0 Å². The summed E-state index contributed by atoms with van der Waals surface area (Å²) in [5, 5.41) is 0. The second-order valence-electron chi connectivity index (χ2n) is 5.67. The van der Waals surface area contributed by atoms with E-state index in [1.165, 1.54) is 31.2 Å². The number of alkyl halides is 4. The molecule has 0 amide bonds. The number of hydrogen-bond donors (Lipinski definition) is 0. The maximum absolute atomic E-state index is 14.0. The quantitative estimate of drug-likeness (QED) is 0.428. The molecule has 2 aromatic carbocycles. The molecule has 0 fully saturated rings. The van der Waals surface area contributed by atoms with E-state index in [4.69, 9.17) is 0 Å². The third-order valence-electron chi connectivity index (χ3n) is 3.66. The maximum atomic E-state index is 14.0. The van der Waals surface area contributed by atoms with Crippen molar-refractivity contribution < 1.29 is 26.7 Å². The largest absolute Gasteiger partial charge is 0.573 e. The zero-order valence-corrected chi connectivity index (χ0v) is 14.1. The molecule has 0 spiro atoms. The Morgan fingerprint density at radius 3 is 1.96 bits per heavy atom. The van der Waals surface area contributed by atoms with E-state index in [2.05, 4.69) is 4.74 Å². The molecule has 0 aromatic heterocycles. The van der Waals surface area contributed by atoms with E-state index >= 15 is 0 Å². The zero-order valence-electron chi connectivity index (χ0n) is 14.1. The average Bonchev–Trinajstić information content (AvgIpc) is 2.55. The first-order chi connectivity index (χ1) is 12.2. The second kappa shape index (κ2) is 8.17. The minimum atomic E-state index is -4.78. The molecule has 138 valence electrons. The highest BCUT2D eigenvalue weighted by molar-refractivity contribution is 5.74. The lowest BCUT2D eigenvalue weighted by atomic mass is 10.00. The molecule has 1 unspecified atom stereocenters. The lowest BCUT2D eigenvalue weighted by Crippen LogP contribution is -2.17. The molecular weight excluding hydrogens is 351 g/mol. The van der Waals surface area contributed by atoms with E-state index in [1.54, 1.807) is 31.2 Å². The van der Waals surface area contributed by atoms with Crippen LogP contribution in [0.5, 0.6) is 5.75 Å². The minimum Gasteiger partial charge on any atom is -0.406 e. The van der Waals surface area contributed by atoms with Crippen molar-refractivity contribution in [3.8, 4) is 5.75 Å². The molecule has 6 heteroatoms. The second-order valence-corrected chi connectivity index (χ2v) is 5.67. The van der Waals surface area contributed by atoms with Gasteiger partial charge in [-0.15, -0.1) is 13.2 Å². The Bertz CT molecular complexity index is 784. The summed E-state index contributed by atoms with van der Waals surface area (Å²) in [5.41, 5.74) is 2.32. The summed E-state index contributed by atoms with van der Waals surface area (Å²) in [6.45, 7) is 3.14. The smallest absolute Gasteiger partial charge is 0.406 e. The summed E-state index contributed by atoms with van der Waals surface area (Å²) in [6.07, 6.45) is -2.87. The molecule has 0 aliphatic heterocycles. The standard InChI is InChI=1S/C20H17F5O/c1-13(15-4-8-17(22)9-5-15)3-12-19(14(2)21)16-6-10-18(11-7-16)26-20(23,24)25/h3-12,14H,1-2H3/b13-3+,19-12+. The van der Waals surface area contributed by atoms with Crippen molar-refractivity contribution in [2.75, 3.05) is 0 Å². The molecule has 0 saturated carbocycles. The van der Waals surface area contributed by atoms with E-state index in [0.29, 0.717) is 11.1 Å². The number of allylic oxidation sites excluding steroid dienone is 4. The van der Waals surface area contributed by atoms with Gasteiger partial charge in [-0.25, -0.2) is 8.78 Å². The van der Waals surface area contributed by atoms with E-state index in [0.717, 1.165) is 23.3 Å². The number of ether oxygens (including phenoxy) is 1. The van der Waals surface area contributed by atoms with Crippen LogP contribution in [0.1, 0.15) is 25.0 Å². The van der Waals surface area contributed by atoms with Crippen LogP contribution in [0.3, 0.4) is 0 Å². The Balaban J connectivity index is 2.26. The van der Waals surface area contributed by atoms with Gasteiger partial charge >= 0.3 is 6.36 Å². The third kappa shape index (κ3) is 5.72. The van der Waals surface area contributed by atoms with Gasteiger partial charge in [0.15, 0.2) is 0 Å². The predicted molar refractivity (Wildman–Crippen MR) is 91.7 cm³/mol. The molecule has 0 heterocycles. The molecule has 0 radical (unpaired) electrons. The molecule has 0 aliphatic carbocycles. The van der Waals surface area contributed by atoms with E-state index in [1.807, 2.05) is 0 Å². The van der Waals surface area contributed by atoms with Crippen LogP contribution in [0.4, 0.5) is 22.0 Å². The third-order valence-corrected chi connectivity index (χ3v) is 3.66. The van der Waals surface area contributed by atoms with Gasteiger partial charge in [-0.2, -0.15) is 0 Å². The van der Waals surface area contributed by atoms with Crippen LogP contribution in [0.2, 0.25) is 0 Å². The molecule has 2 aromatic rings. The fraction of sp³-hybridized carbons (Fsp3) is 0.200. The van der Waals surface area contributed by atoms with Crippen molar-refractivity contribution in [2.24, 2.45) is 0 Å². The SMILES string of the molecule is C/C(=C\C=C(\c1ccc(OC(F)(F)F)cc1)C(C)F)c1ccc(F)cc1. The Labute approximate surface area is 148 Å². The van der Waals surface area contributed by atoms with Crippen LogP contribution in [-0.2, 0) is 0 Å². The molecule has 1 nitrogen and oxygen atoms in total. The van der Waals surface area contributed by atoms with E-state index < -0.39 is 12.5 Å². The Hall–Kier alpha value is -2.63. The number of hydrogen-bond acceptors (Lipinski definition) is 1. The van der Waals surface area contributed by atoms with Gasteiger partial charge < -0.3 is 4.74 Å². The minimum absolute atomic E-state index is 0.310. The highest BCUT2D eigenvalue weighted by Crippen LogP contribution is 2.27.